The molecule has 4 fully saturated rings. The van der Waals surface area contributed by atoms with Crippen molar-refractivity contribution in [1.82, 2.24) is 0 Å². The molecular formula is C30H28Br2Cl2Ti. The van der Waals surface area contributed by atoms with Crippen LogP contribution in [0, 0.1) is 61.2 Å². The van der Waals surface area contributed by atoms with Gasteiger partial charge in [-0.15, -0.1) is 0 Å². The van der Waals surface area contributed by atoms with E-state index in [-0.39, 0.29) is 0 Å². The maximum atomic E-state index is 4.89. The molecule has 4 saturated carbocycles. The molecule has 0 spiro atoms. The van der Waals surface area contributed by atoms with E-state index in [9.17, 15) is 0 Å². The van der Waals surface area contributed by atoms with Crippen molar-refractivity contribution in [1.29, 1.82) is 0 Å². The fourth-order valence-electron chi connectivity index (χ4n) is 5.02. The molecule has 4 aliphatic rings. The molecular weight excluding hydrogens is 639 g/mol. The summed E-state index contributed by atoms with van der Waals surface area (Å²) in [6.07, 6.45) is 20.0. The van der Waals surface area contributed by atoms with Crippen LogP contribution >= 0.6 is 50.5 Å². The van der Waals surface area contributed by atoms with Crippen molar-refractivity contribution >= 4 is 50.5 Å². The standard InChI is InChI=1S/2C15H14Br.2ClH.Ti/c2*16-15-7-5-11(6-8-15)14-9-12-3-1-2-4-13(12)10-14;;;/h2*5-10H,1-4H2;2*1H;/q;;;;+2/p-2. The molecule has 0 aliphatic heterocycles. The normalized spacial score (nSPS) is 21.9. The third-order valence-electron chi connectivity index (χ3n) is 6.78. The first kappa shape index (κ1) is 28.7. The summed E-state index contributed by atoms with van der Waals surface area (Å²) in [5, 5.41) is 0. The third-order valence-corrected chi connectivity index (χ3v) is 7.84. The van der Waals surface area contributed by atoms with E-state index in [2.05, 4.69) is 106 Å². The second-order valence-electron chi connectivity index (χ2n) is 9.09. The molecule has 10 radical (unpaired) electrons. The van der Waals surface area contributed by atoms with Crippen molar-refractivity contribution in [3.63, 3.8) is 0 Å². The van der Waals surface area contributed by atoms with Crippen molar-refractivity contribution in [2.45, 2.75) is 51.4 Å². The van der Waals surface area contributed by atoms with Crippen molar-refractivity contribution < 1.29 is 17.0 Å². The second kappa shape index (κ2) is 14.7. The van der Waals surface area contributed by atoms with Crippen LogP contribution in [0.1, 0.15) is 62.5 Å². The van der Waals surface area contributed by atoms with Crippen LogP contribution in [-0.4, -0.2) is 0 Å². The van der Waals surface area contributed by atoms with E-state index in [0.717, 1.165) is 8.95 Å². The van der Waals surface area contributed by atoms with Crippen LogP contribution in [0.25, 0.3) is 0 Å². The first-order valence-corrected chi connectivity index (χ1v) is 18.0. The summed E-state index contributed by atoms with van der Waals surface area (Å²) < 4.78 is 2.29. The van der Waals surface area contributed by atoms with Crippen LogP contribution in [0.4, 0.5) is 0 Å². The maximum absolute atomic E-state index is 4.89. The Labute approximate surface area is 246 Å². The quantitative estimate of drug-likeness (QED) is 0.280. The van der Waals surface area contributed by atoms with Gasteiger partial charge in [0.15, 0.2) is 0 Å². The first-order valence-electron chi connectivity index (χ1n) is 12.1. The summed E-state index contributed by atoms with van der Waals surface area (Å²) in [5.74, 6) is 9.07. The zero-order chi connectivity index (χ0) is 24.6. The van der Waals surface area contributed by atoms with Crippen molar-refractivity contribution in [2.24, 2.45) is 0 Å². The van der Waals surface area contributed by atoms with Gasteiger partial charge in [-0.3, -0.25) is 0 Å². The zero-order valence-electron chi connectivity index (χ0n) is 19.6. The number of hydrogen-bond donors (Lipinski definition) is 0. The van der Waals surface area contributed by atoms with E-state index in [1.807, 2.05) is 0 Å². The number of hydrogen-bond acceptors (Lipinski definition) is 0. The van der Waals surface area contributed by atoms with Crippen molar-refractivity contribution in [3.8, 4) is 0 Å². The van der Waals surface area contributed by atoms with Crippen LogP contribution in [0.5, 0.6) is 0 Å². The molecule has 0 nitrogen and oxygen atoms in total. The van der Waals surface area contributed by atoms with Gasteiger partial charge < -0.3 is 0 Å². The van der Waals surface area contributed by atoms with Crippen LogP contribution in [-0.2, 0) is 17.0 Å². The molecule has 4 aliphatic carbocycles. The van der Waals surface area contributed by atoms with Gasteiger partial charge in [0.25, 0.3) is 0 Å². The average molecular weight is 667 g/mol. The number of benzene rings is 2. The first-order chi connectivity index (χ1) is 17.1. The predicted octanol–water partition coefficient (Wildman–Crippen LogP) is 10.4. The number of halogens is 4. The molecule has 0 bridgehead atoms. The summed E-state index contributed by atoms with van der Waals surface area (Å²) in [4.78, 5) is 0. The van der Waals surface area contributed by atoms with Gasteiger partial charge in [-0.1, -0.05) is 81.8 Å². The monoisotopic (exact) mass is 664 g/mol. The van der Waals surface area contributed by atoms with E-state index < -0.39 is 17.0 Å². The Morgan fingerprint density at radius 2 is 0.743 bits per heavy atom. The Morgan fingerprint density at radius 3 is 1.00 bits per heavy atom. The fourth-order valence-corrected chi connectivity index (χ4v) is 5.54. The fraction of sp³-hybridized carbons (Fsp3) is 0.267. The molecule has 0 unspecified atom stereocenters. The Bertz CT molecular complexity index is 787. The molecule has 2 aromatic carbocycles. The van der Waals surface area contributed by atoms with Crippen molar-refractivity contribution in [2.75, 3.05) is 0 Å². The summed E-state index contributed by atoms with van der Waals surface area (Å²) >= 11 is 6.39. The molecule has 180 valence electrons. The van der Waals surface area contributed by atoms with E-state index in [0.29, 0.717) is 0 Å². The molecule has 6 rings (SSSR count). The van der Waals surface area contributed by atoms with Crippen LogP contribution in [0.15, 0.2) is 57.5 Å². The zero-order valence-corrected chi connectivity index (χ0v) is 25.8. The molecule has 35 heavy (non-hydrogen) atoms. The van der Waals surface area contributed by atoms with Gasteiger partial charge in [-0.2, -0.15) is 0 Å². The Hall–Kier alpha value is 0.694. The Balaban J connectivity index is 0.000000149. The van der Waals surface area contributed by atoms with Gasteiger partial charge in [0.1, 0.15) is 0 Å². The second-order valence-corrected chi connectivity index (χ2v) is 13.5. The predicted molar refractivity (Wildman–Crippen MR) is 152 cm³/mol. The molecule has 0 N–H and O–H groups in total. The van der Waals surface area contributed by atoms with Crippen LogP contribution < -0.4 is 0 Å². The number of rotatable bonds is 2. The minimum atomic E-state index is -0.556. The van der Waals surface area contributed by atoms with E-state index in [4.69, 9.17) is 18.6 Å². The van der Waals surface area contributed by atoms with Gasteiger partial charge in [0, 0.05) is 20.8 Å². The van der Waals surface area contributed by atoms with Gasteiger partial charge in [0.05, 0.1) is 0 Å². The average Bonchev–Trinajstić information content (AvgIpc) is 3.50. The Kier molecular flexibility index (Phi) is 12.1. The van der Waals surface area contributed by atoms with Gasteiger partial charge >= 0.3 is 35.6 Å². The summed E-state index contributed by atoms with van der Waals surface area (Å²) in [5.41, 5.74) is 2.66. The topological polar surface area (TPSA) is 0 Å². The molecule has 0 heterocycles. The molecule has 2 aromatic rings. The third kappa shape index (κ3) is 8.34. The summed E-state index contributed by atoms with van der Waals surface area (Å²) in [7, 11) is 9.78. The molecule has 0 amide bonds. The molecule has 0 atom stereocenters. The van der Waals surface area contributed by atoms with E-state index in [1.165, 1.54) is 74.3 Å². The summed E-state index contributed by atoms with van der Waals surface area (Å²) in [6.45, 7) is 0. The van der Waals surface area contributed by atoms with Crippen LogP contribution in [0.2, 0.25) is 0 Å². The van der Waals surface area contributed by atoms with E-state index >= 15 is 0 Å². The van der Waals surface area contributed by atoms with Gasteiger partial charge in [-0.25, -0.2) is 0 Å². The molecule has 0 aromatic heterocycles. The van der Waals surface area contributed by atoms with Crippen LogP contribution in [0.3, 0.4) is 0 Å². The Morgan fingerprint density at radius 1 is 0.486 bits per heavy atom. The summed E-state index contributed by atoms with van der Waals surface area (Å²) in [6, 6.07) is 17.2. The van der Waals surface area contributed by atoms with Gasteiger partial charge in [0.2, 0.25) is 0 Å². The minimum absolute atomic E-state index is 0.556. The van der Waals surface area contributed by atoms with Crippen molar-refractivity contribution in [3.05, 3.63) is 130 Å². The molecule has 0 saturated heterocycles. The van der Waals surface area contributed by atoms with Gasteiger partial charge in [-0.05, 0) is 110 Å². The number of fused-ring (bicyclic) bond motifs is 2. The van der Waals surface area contributed by atoms with E-state index in [1.54, 1.807) is 23.7 Å². The molecule has 5 heteroatoms. The SMILES string of the molecule is Brc1ccc([C]2[CH][C]3CCCC[C]3[CH]2)cc1.Brc1ccc([C]2[CH][C]3CCCC[C]3[CH]2)cc1.[Cl][Ti][Cl].